The van der Waals surface area contributed by atoms with Gasteiger partial charge in [0.2, 0.25) is 11.7 Å². The van der Waals surface area contributed by atoms with Gasteiger partial charge in [-0.05, 0) is 48.2 Å². The molecule has 0 fully saturated rings. The molecular weight excluding hydrogens is 428 g/mol. The van der Waals surface area contributed by atoms with E-state index in [1.54, 1.807) is 11.8 Å². The molecule has 0 aliphatic heterocycles. The fourth-order valence-electron chi connectivity index (χ4n) is 3.03. The minimum absolute atomic E-state index is 0.109. The summed E-state index contributed by atoms with van der Waals surface area (Å²) in [6.07, 6.45) is 0. The van der Waals surface area contributed by atoms with Crippen LogP contribution in [0.5, 0.6) is 0 Å². The monoisotopic (exact) mass is 450 g/mol. The van der Waals surface area contributed by atoms with Crippen molar-refractivity contribution in [1.82, 2.24) is 20.1 Å². The molecule has 7 heteroatoms. The van der Waals surface area contributed by atoms with Gasteiger partial charge in [-0.1, -0.05) is 73.6 Å². The molecule has 0 spiro atoms. The Morgan fingerprint density at radius 1 is 0.871 bits per heavy atom. The lowest BCUT2D eigenvalue weighted by atomic mass is 9.87. The lowest BCUT2D eigenvalue weighted by molar-refractivity contribution is 0.391. The largest absolute Gasteiger partial charge is 0.338 e. The van der Waals surface area contributed by atoms with Crippen LogP contribution < -0.4 is 0 Å². The lowest BCUT2D eigenvalue weighted by Gasteiger charge is -2.18. The maximum Gasteiger partial charge on any atom is 0.237 e. The summed E-state index contributed by atoms with van der Waals surface area (Å²) in [5.41, 5.74) is 4.14. The van der Waals surface area contributed by atoms with Crippen LogP contribution in [0.3, 0.4) is 0 Å². The lowest BCUT2D eigenvalue weighted by Crippen LogP contribution is -2.10. The van der Waals surface area contributed by atoms with Gasteiger partial charge < -0.3 is 4.52 Å². The molecule has 0 amide bonds. The predicted molar refractivity (Wildman–Crippen MR) is 125 cm³/mol. The van der Waals surface area contributed by atoms with Crippen molar-refractivity contribution < 1.29 is 4.52 Å². The molecule has 2 heterocycles. The molecule has 0 aliphatic carbocycles. The highest BCUT2D eigenvalue weighted by molar-refractivity contribution is 7.98. The van der Waals surface area contributed by atoms with Gasteiger partial charge in [0.05, 0.1) is 5.75 Å². The Balaban J connectivity index is 1.47. The average Bonchev–Trinajstić information content (AvgIpc) is 3.21. The number of rotatable bonds is 5. The second kappa shape index (κ2) is 8.81. The standard InChI is InChI=1S/C24H23ClN4OS/c1-15-13-21(28-22(26-15)16-7-11-19(25)12-8-16)31-14-20-27-23(29-30-20)17-5-9-18(10-6-17)24(2,3)4/h5-13H,14H2,1-4H3. The van der Waals surface area contributed by atoms with E-state index in [1.165, 1.54) is 5.56 Å². The first-order valence-electron chi connectivity index (χ1n) is 9.96. The molecule has 2 aromatic heterocycles. The van der Waals surface area contributed by atoms with Gasteiger partial charge in [-0.3, -0.25) is 0 Å². The first-order valence-corrected chi connectivity index (χ1v) is 11.3. The van der Waals surface area contributed by atoms with E-state index in [0.29, 0.717) is 28.3 Å². The summed E-state index contributed by atoms with van der Waals surface area (Å²) >= 11 is 7.53. The van der Waals surface area contributed by atoms with Crippen molar-refractivity contribution in [1.29, 1.82) is 0 Å². The Morgan fingerprint density at radius 3 is 2.19 bits per heavy atom. The first kappa shape index (κ1) is 21.5. The van der Waals surface area contributed by atoms with Crippen LogP contribution in [0.4, 0.5) is 0 Å². The van der Waals surface area contributed by atoms with Gasteiger partial charge in [0.1, 0.15) is 5.03 Å². The highest BCUT2D eigenvalue weighted by Gasteiger charge is 2.15. The fourth-order valence-corrected chi connectivity index (χ4v) is 3.95. The summed E-state index contributed by atoms with van der Waals surface area (Å²) in [5, 5.41) is 5.68. The molecule has 0 saturated carbocycles. The van der Waals surface area contributed by atoms with Crippen LogP contribution in [-0.2, 0) is 11.2 Å². The van der Waals surface area contributed by atoms with E-state index in [0.717, 1.165) is 21.8 Å². The normalized spacial score (nSPS) is 11.6. The predicted octanol–water partition coefficient (Wildman–Crippen LogP) is 6.75. The van der Waals surface area contributed by atoms with Gasteiger partial charge in [-0.2, -0.15) is 4.98 Å². The number of aromatic nitrogens is 4. The zero-order valence-electron chi connectivity index (χ0n) is 17.9. The molecule has 4 rings (SSSR count). The van der Waals surface area contributed by atoms with Crippen molar-refractivity contribution >= 4 is 23.4 Å². The topological polar surface area (TPSA) is 64.7 Å². The molecule has 158 valence electrons. The van der Waals surface area contributed by atoms with Gasteiger partial charge in [-0.15, -0.1) is 0 Å². The van der Waals surface area contributed by atoms with Crippen molar-refractivity contribution in [2.45, 2.75) is 43.9 Å². The van der Waals surface area contributed by atoms with E-state index in [1.807, 2.05) is 49.4 Å². The molecule has 2 aromatic carbocycles. The van der Waals surface area contributed by atoms with Gasteiger partial charge >= 0.3 is 0 Å². The number of hydrogen-bond acceptors (Lipinski definition) is 6. The van der Waals surface area contributed by atoms with E-state index in [4.69, 9.17) is 16.1 Å². The molecule has 0 N–H and O–H groups in total. The van der Waals surface area contributed by atoms with Crippen molar-refractivity contribution in [3.05, 3.63) is 76.8 Å². The van der Waals surface area contributed by atoms with Crippen LogP contribution in [0.25, 0.3) is 22.8 Å². The molecule has 0 aliphatic rings. The summed E-state index contributed by atoms with van der Waals surface area (Å²) in [6, 6.07) is 17.8. The zero-order chi connectivity index (χ0) is 22.0. The fraction of sp³-hybridized carbons (Fsp3) is 0.250. The molecule has 0 unspecified atom stereocenters. The summed E-state index contributed by atoms with van der Waals surface area (Å²) in [4.78, 5) is 13.7. The minimum Gasteiger partial charge on any atom is -0.338 e. The smallest absolute Gasteiger partial charge is 0.237 e. The third-order valence-electron chi connectivity index (χ3n) is 4.75. The summed E-state index contributed by atoms with van der Waals surface area (Å²) in [7, 11) is 0. The maximum absolute atomic E-state index is 5.98. The second-order valence-corrected chi connectivity index (χ2v) is 9.74. The Labute approximate surface area is 191 Å². The quantitative estimate of drug-likeness (QED) is 0.247. The summed E-state index contributed by atoms with van der Waals surface area (Å²) in [5.74, 6) is 2.36. The van der Waals surface area contributed by atoms with E-state index >= 15 is 0 Å². The van der Waals surface area contributed by atoms with Crippen LogP contribution in [0.1, 0.15) is 37.9 Å². The Hall–Kier alpha value is -2.70. The third kappa shape index (κ3) is 5.32. The van der Waals surface area contributed by atoms with Crippen LogP contribution in [0.2, 0.25) is 5.02 Å². The first-order chi connectivity index (χ1) is 14.8. The zero-order valence-corrected chi connectivity index (χ0v) is 19.5. The SMILES string of the molecule is Cc1cc(SCc2nc(-c3ccc(C(C)(C)C)cc3)no2)nc(-c2ccc(Cl)cc2)n1. The molecule has 0 atom stereocenters. The van der Waals surface area contributed by atoms with Gasteiger partial charge in [-0.25, -0.2) is 9.97 Å². The minimum atomic E-state index is 0.109. The molecule has 5 nitrogen and oxygen atoms in total. The van der Waals surface area contributed by atoms with Crippen LogP contribution in [-0.4, -0.2) is 20.1 Å². The summed E-state index contributed by atoms with van der Waals surface area (Å²) < 4.78 is 5.46. The van der Waals surface area contributed by atoms with Crippen molar-refractivity contribution in [3.8, 4) is 22.8 Å². The van der Waals surface area contributed by atoms with Crippen molar-refractivity contribution in [3.63, 3.8) is 0 Å². The highest BCUT2D eigenvalue weighted by Crippen LogP contribution is 2.27. The number of nitrogens with zero attached hydrogens (tertiary/aromatic N) is 4. The highest BCUT2D eigenvalue weighted by atomic mass is 35.5. The molecule has 0 saturated heterocycles. The number of benzene rings is 2. The van der Waals surface area contributed by atoms with E-state index in [2.05, 4.69) is 53.0 Å². The van der Waals surface area contributed by atoms with Gasteiger partial charge in [0, 0.05) is 21.8 Å². The average molecular weight is 451 g/mol. The summed E-state index contributed by atoms with van der Waals surface area (Å²) in [6.45, 7) is 8.54. The van der Waals surface area contributed by atoms with Crippen LogP contribution in [0.15, 0.2) is 64.1 Å². The van der Waals surface area contributed by atoms with Gasteiger partial charge in [0.15, 0.2) is 5.82 Å². The number of hydrogen-bond donors (Lipinski definition) is 0. The van der Waals surface area contributed by atoms with Gasteiger partial charge in [0.25, 0.3) is 0 Å². The van der Waals surface area contributed by atoms with E-state index in [9.17, 15) is 0 Å². The molecule has 0 bridgehead atoms. The Morgan fingerprint density at radius 2 is 1.52 bits per heavy atom. The molecular formula is C24H23ClN4OS. The Bertz CT molecular complexity index is 1180. The van der Waals surface area contributed by atoms with E-state index in [-0.39, 0.29) is 5.41 Å². The Kier molecular flexibility index (Phi) is 6.12. The second-order valence-electron chi connectivity index (χ2n) is 8.31. The number of aryl methyl sites for hydroxylation is 1. The van der Waals surface area contributed by atoms with Crippen LogP contribution in [0, 0.1) is 6.92 Å². The van der Waals surface area contributed by atoms with Crippen LogP contribution >= 0.6 is 23.4 Å². The van der Waals surface area contributed by atoms with Crippen molar-refractivity contribution in [2.75, 3.05) is 0 Å². The van der Waals surface area contributed by atoms with E-state index < -0.39 is 0 Å². The molecule has 0 radical (unpaired) electrons. The molecule has 31 heavy (non-hydrogen) atoms. The number of halogens is 1. The third-order valence-corrected chi connectivity index (χ3v) is 5.90. The molecule has 4 aromatic rings. The maximum atomic E-state index is 5.98. The van der Waals surface area contributed by atoms with Crippen molar-refractivity contribution in [2.24, 2.45) is 0 Å². The number of thioether (sulfide) groups is 1.